The molecule has 0 saturated carbocycles. The second-order valence-corrected chi connectivity index (χ2v) is 31.8. The van der Waals surface area contributed by atoms with Crippen LogP contribution < -0.4 is 0 Å². The van der Waals surface area contributed by atoms with Crippen molar-refractivity contribution >= 4 is 153 Å². The summed E-state index contributed by atoms with van der Waals surface area (Å²) >= 11 is 0. The summed E-state index contributed by atoms with van der Waals surface area (Å²) in [7, 11) is 0. The molecule has 11 aromatic heterocycles. The van der Waals surface area contributed by atoms with E-state index in [1.807, 2.05) is 219 Å². The maximum atomic E-state index is 6.32. The highest BCUT2D eigenvalue weighted by Crippen LogP contribution is 2.44. The summed E-state index contributed by atoms with van der Waals surface area (Å²) in [6.07, 6.45) is 5.30. The largest absolute Gasteiger partial charge is 0.456 e. The zero-order valence-electron chi connectivity index (χ0n) is 68.4. The molecule has 0 aliphatic carbocycles. The third-order valence-corrected chi connectivity index (χ3v) is 23.9. The van der Waals surface area contributed by atoms with Gasteiger partial charge in [-0.05, 0) is 134 Å². The fourth-order valence-corrected chi connectivity index (χ4v) is 17.6. The minimum atomic E-state index is 0.477. The Hall–Kier alpha value is -18.0. The minimum Gasteiger partial charge on any atom is -0.456 e. The van der Waals surface area contributed by atoms with E-state index in [-0.39, 0.29) is 0 Å². The van der Waals surface area contributed by atoms with Gasteiger partial charge in [0.05, 0.1) is 22.5 Å². The molecule has 129 heavy (non-hydrogen) atoms. The van der Waals surface area contributed by atoms with Crippen molar-refractivity contribution in [1.29, 1.82) is 0 Å². The fraction of sp³-hybridized carbons (Fsp3) is 0. The Labute approximate surface area is 732 Å². The van der Waals surface area contributed by atoms with Crippen LogP contribution in [0.4, 0.5) is 0 Å². The van der Waals surface area contributed by atoms with Gasteiger partial charge in [0, 0.05) is 100.0 Å². The number of aromatic nitrogens is 12. The van der Waals surface area contributed by atoms with Crippen molar-refractivity contribution in [1.82, 2.24) is 59.8 Å². The van der Waals surface area contributed by atoms with Gasteiger partial charge >= 0.3 is 0 Å². The van der Waals surface area contributed by atoms with Crippen LogP contribution in [-0.2, 0) is 0 Å². The topological polar surface area (TPSA) is 220 Å². The Morgan fingerprint density at radius 1 is 0.178 bits per heavy atom. The molecule has 17 nitrogen and oxygen atoms in total. The first-order valence-corrected chi connectivity index (χ1v) is 42.3. The monoisotopic (exact) mass is 1660 g/mol. The van der Waals surface area contributed by atoms with Crippen LogP contribution in [0.15, 0.2) is 411 Å². The summed E-state index contributed by atoms with van der Waals surface area (Å²) in [4.78, 5) is 59.3. The third kappa shape index (κ3) is 13.3. The molecular formula is C112H64N12O5. The second-order valence-electron chi connectivity index (χ2n) is 31.8. The lowest BCUT2D eigenvalue weighted by atomic mass is 10.0. The molecule has 16 aromatic carbocycles. The number of hydrogen-bond donors (Lipinski definition) is 0. The van der Waals surface area contributed by atoms with Crippen LogP contribution in [0.25, 0.3) is 267 Å². The van der Waals surface area contributed by atoms with Gasteiger partial charge in [-0.2, -0.15) is 0 Å². The van der Waals surface area contributed by atoms with Gasteiger partial charge in [-0.3, -0.25) is 9.97 Å². The van der Waals surface area contributed by atoms with Gasteiger partial charge in [-0.15, -0.1) is 0 Å². The molecular weight excluding hydrogens is 1590 g/mol. The molecule has 0 radical (unpaired) electrons. The van der Waals surface area contributed by atoms with Crippen LogP contribution >= 0.6 is 0 Å². The molecule has 27 rings (SSSR count). The first-order chi connectivity index (χ1) is 63.8. The predicted octanol–water partition coefficient (Wildman–Crippen LogP) is 28.6. The highest BCUT2D eigenvalue weighted by Gasteiger charge is 2.26. The highest BCUT2D eigenvalue weighted by molar-refractivity contribution is 6.17. The lowest BCUT2D eigenvalue weighted by Gasteiger charge is -2.10. The predicted molar refractivity (Wildman–Crippen MR) is 514 cm³/mol. The highest BCUT2D eigenvalue weighted by atomic mass is 16.3. The van der Waals surface area contributed by atoms with E-state index in [9.17, 15) is 0 Å². The summed E-state index contributed by atoms with van der Waals surface area (Å²) in [5.41, 5.74) is 19.3. The van der Waals surface area contributed by atoms with Crippen molar-refractivity contribution in [2.45, 2.75) is 0 Å². The molecule has 0 atom stereocenters. The SMILES string of the molecule is c1ccc(-c2ccc(-c3nc(-c4ccc5ccccc5c4)nc(-c4cccc5oc6cc7ccccc7nc6c45)n3)cc2)cc1.c1ccc(-c2nc(-c3ccc4c(c3)oc3ccccc34)nc(-c3cncc4oc5cc6ccccc6cc5c34)n2)cc1.c1ccc(-c2nc(-c3ccc4c(c3)oc3ccccc34)nc(-c3nccc4oc5cc6ccccc6cc5c34)n2)cc1. The van der Waals surface area contributed by atoms with Gasteiger partial charge in [0.25, 0.3) is 0 Å². The van der Waals surface area contributed by atoms with E-state index in [2.05, 4.69) is 163 Å². The van der Waals surface area contributed by atoms with E-state index >= 15 is 0 Å². The van der Waals surface area contributed by atoms with Gasteiger partial charge < -0.3 is 22.1 Å². The Morgan fingerprint density at radius 2 is 0.558 bits per heavy atom. The molecule has 0 saturated heterocycles. The average Bonchev–Trinajstić information content (AvgIpc) is 1.54. The summed E-state index contributed by atoms with van der Waals surface area (Å²) in [6, 6.07) is 125. The van der Waals surface area contributed by atoms with Crippen LogP contribution in [0.1, 0.15) is 0 Å². The summed E-state index contributed by atoms with van der Waals surface area (Å²) < 4.78 is 31.3. The number of benzene rings is 16. The first kappa shape index (κ1) is 73.7. The van der Waals surface area contributed by atoms with Crippen LogP contribution in [0.3, 0.4) is 0 Å². The minimum absolute atomic E-state index is 0.477. The number of fused-ring (bicyclic) bond motifs is 19. The molecule has 0 fully saturated rings. The number of nitrogens with zero attached hydrogens (tertiary/aromatic N) is 12. The summed E-state index contributed by atoms with van der Waals surface area (Å²) in [6.45, 7) is 0. The Bertz CT molecular complexity index is 8820. The molecule has 0 unspecified atom stereocenters. The van der Waals surface area contributed by atoms with E-state index < -0.39 is 0 Å². The van der Waals surface area contributed by atoms with Gasteiger partial charge in [0.1, 0.15) is 55.9 Å². The van der Waals surface area contributed by atoms with Crippen LogP contribution in [-0.4, -0.2) is 59.8 Å². The molecule has 0 aliphatic rings. The van der Waals surface area contributed by atoms with Crippen LogP contribution in [0, 0.1) is 0 Å². The Morgan fingerprint density at radius 3 is 1.16 bits per heavy atom. The van der Waals surface area contributed by atoms with E-state index in [1.54, 1.807) is 12.4 Å². The fourth-order valence-electron chi connectivity index (χ4n) is 17.6. The van der Waals surface area contributed by atoms with Crippen molar-refractivity contribution in [3.8, 4) is 114 Å². The number of rotatable bonds is 10. The molecule has 17 heteroatoms. The number of furan rings is 5. The van der Waals surface area contributed by atoms with Crippen molar-refractivity contribution in [3.63, 3.8) is 0 Å². The normalized spacial score (nSPS) is 11.7. The number of hydrogen-bond acceptors (Lipinski definition) is 17. The standard InChI is InChI=1S/C40H24N4O.2C36H20N4O2/c1-2-9-25(10-3-1)27-17-20-28(21-18-27)38-42-39(31-22-19-26-11-4-5-12-29(26)23-31)44-40(43-38)32-14-8-16-34-36(32)37-35(45-34)24-30-13-6-7-15-33(30)41-37;1-2-8-21(9-3-1)34-38-35(24-14-15-26-25-12-6-7-13-29(25)41-30(26)18-24)40-36(39-34)28-19-37-20-32-33(28)27-16-22-10-4-5-11-23(22)17-31(27)42-32;1-2-8-21(9-3-1)34-38-35(24-14-15-26-25-12-6-7-13-28(25)41-30(26)20-24)40-36(39-34)33-32-27-18-22-10-4-5-11-23(22)19-31(27)42-29(32)16-17-37-33/h1-24H;2*1-20H. The first-order valence-electron chi connectivity index (χ1n) is 42.3. The van der Waals surface area contributed by atoms with E-state index in [1.165, 1.54) is 5.39 Å². The van der Waals surface area contributed by atoms with Gasteiger partial charge in [0.15, 0.2) is 63.6 Å². The van der Waals surface area contributed by atoms with Gasteiger partial charge in [0.2, 0.25) is 0 Å². The summed E-state index contributed by atoms with van der Waals surface area (Å²) in [5.74, 6) is 5.02. The zero-order chi connectivity index (χ0) is 85.0. The zero-order valence-corrected chi connectivity index (χ0v) is 68.4. The molecule has 0 amide bonds. The Kier molecular flexibility index (Phi) is 17.4. The second kappa shape index (κ2) is 30.5. The lowest BCUT2D eigenvalue weighted by molar-refractivity contribution is 0.667. The molecule has 0 aliphatic heterocycles. The van der Waals surface area contributed by atoms with Crippen LogP contribution in [0.2, 0.25) is 0 Å². The molecule has 27 aromatic rings. The van der Waals surface area contributed by atoms with Crippen LogP contribution in [0.5, 0.6) is 0 Å². The van der Waals surface area contributed by atoms with Crippen molar-refractivity contribution in [2.24, 2.45) is 0 Å². The van der Waals surface area contributed by atoms with Gasteiger partial charge in [-0.25, -0.2) is 49.8 Å². The summed E-state index contributed by atoms with van der Waals surface area (Å²) in [5, 5.41) is 16.8. The Balaban J connectivity index is 0.000000105. The van der Waals surface area contributed by atoms with E-state index in [4.69, 9.17) is 76.9 Å². The maximum Gasteiger partial charge on any atom is 0.183 e. The number of pyridine rings is 3. The molecule has 0 spiro atoms. The smallest absolute Gasteiger partial charge is 0.183 e. The number of para-hydroxylation sites is 3. The van der Waals surface area contributed by atoms with Crippen molar-refractivity contribution < 1.29 is 22.1 Å². The van der Waals surface area contributed by atoms with E-state index in [0.717, 1.165) is 198 Å². The average molecular weight is 1660 g/mol. The van der Waals surface area contributed by atoms with Crippen molar-refractivity contribution in [2.75, 3.05) is 0 Å². The quantitative estimate of drug-likeness (QED) is 0.124. The van der Waals surface area contributed by atoms with Gasteiger partial charge in [-0.1, -0.05) is 279 Å². The maximum absolute atomic E-state index is 6.32. The molecule has 0 N–H and O–H groups in total. The third-order valence-electron chi connectivity index (χ3n) is 23.9. The molecule has 602 valence electrons. The van der Waals surface area contributed by atoms with E-state index in [0.29, 0.717) is 63.7 Å². The lowest BCUT2D eigenvalue weighted by Crippen LogP contribution is -2.01. The van der Waals surface area contributed by atoms with Crippen molar-refractivity contribution in [3.05, 3.63) is 389 Å². The molecule has 11 heterocycles. The molecule has 0 bridgehead atoms.